The molecule has 0 spiro atoms. The summed E-state index contributed by atoms with van der Waals surface area (Å²) in [6, 6.07) is 3.95. The van der Waals surface area contributed by atoms with Crippen molar-refractivity contribution in [1.29, 1.82) is 0 Å². The molecule has 2 aromatic rings. The van der Waals surface area contributed by atoms with Gasteiger partial charge in [0.2, 0.25) is 11.7 Å². The topological polar surface area (TPSA) is 77.8 Å². The Balaban J connectivity index is 0.00000121. The second-order valence-electron chi connectivity index (χ2n) is 5.63. The van der Waals surface area contributed by atoms with Crippen LogP contribution in [0.3, 0.4) is 0 Å². The van der Waals surface area contributed by atoms with Gasteiger partial charge in [0.25, 0.3) is 0 Å². The van der Waals surface area contributed by atoms with Crippen LogP contribution in [0.2, 0.25) is 0 Å². The number of nitrogens with two attached hydrogens (primary N) is 1. The van der Waals surface area contributed by atoms with E-state index in [4.69, 9.17) is 10.3 Å². The SMILES string of the molecule is Cl.NC1C2CCC(C2)C1c1nc(-c2ccncc2)no1. The molecule has 0 aromatic carbocycles. The van der Waals surface area contributed by atoms with E-state index in [1.54, 1.807) is 12.4 Å². The largest absolute Gasteiger partial charge is 0.339 e. The maximum Gasteiger partial charge on any atom is 0.231 e. The molecule has 2 N–H and O–H groups in total. The van der Waals surface area contributed by atoms with Gasteiger partial charge in [0, 0.05) is 24.0 Å². The Morgan fingerprint density at radius 2 is 1.90 bits per heavy atom. The van der Waals surface area contributed by atoms with Crippen molar-refractivity contribution in [3.05, 3.63) is 30.4 Å². The molecular weight excluding hydrogens is 276 g/mol. The smallest absolute Gasteiger partial charge is 0.231 e. The molecule has 0 radical (unpaired) electrons. The molecule has 2 aliphatic rings. The summed E-state index contributed by atoms with van der Waals surface area (Å²) in [5, 5.41) is 4.08. The van der Waals surface area contributed by atoms with Crippen molar-refractivity contribution in [2.75, 3.05) is 0 Å². The van der Waals surface area contributed by atoms with E-state index >= 15 is 0 Å². The molecule has 2 heterocycles. The molecule has 2 aliphatic carbocycles. The number of hydrogen-bond donors (Lipinski definition) is 1. The number of pyridine rings is 1. The van der Waals surface area contributed by atoms with Crippen LogP contribution < -0.4 is 5.73 Å². The molecule has 2 bridgehead atoms. The minimum Gasteiger partial charge on any atom is -0.339 e. The first-order chi connectivity index (χ1) is 9.33. The third-order valence-corrected chi connectivity index (χ3v) is 4.65. The molecule has 2 fully saturated rings. The zero-order chi connectivity index (χ0) is 12.8. The molecule has 6 heteroatoms. The molecule has 20 heavy (non-hydrogen) atoms. The van der Waals surface area contributed by atoms with Crippen LogP contribution in [0, 0.1) is 11.8 Å². The third kappa shape index (κ3) is 2.01. The molecule has 106 valence electrons. The highest BCUT2D eigenvalue weighted by molar-refractivity contribution is 5.85. The highest BCUT2D eigenvalue weighted by atomic mass is 35.5. The summed E-state index contributed by atoms with van der Waals surface area (Å²) in [6.07, 6.45) is 7.19. The monoisotopic (exact) mass is 292 g/mol. The van der Waals surface area contributed by atoms with Crippen molar-refractivity contribution in [2.45, 2.75) is 31.2 Å². The Kier molecular flexibility index (Phi) is 3.48. The van der Waals surface area contributed by atoms with Gasteiger partial charge in [0.15, 0.2) is 0 Å². The molecule has 2 saturated carbocycles. The molecule has 5 nitrogen and oxygen atoms in total. The second-order valence-corrected chi connectivity index (χ2v) is 5.63. The van der Waals surface area contributed by atoms with Gasteiger partial charge in [-0.2, -0.15) is 4.98 Å². The van der Waals surface area contributed by atoms with Gasteiger partial charge in [-0.15, -0.1) is 12.4 Å². The van der Waals surface area contributed by atoms with Gasteiger partial charge >= 0.3 is 0 Å². The lowest BCUT2D eigenvalue weighted by Crippen LogP contribution is -2.34. The third-order valence-electron chi connectivity index (χ3n) is 4.65. The summed E-state index contributed by atoms with van der Waals surface area (Å²) < 4.78 is 5.46. The standard InChI is InChI=1S/C14H16N4O.ClH/c15-12-10-2-1-9(7-10)11(12)14-17-13(18-19-14)8-3-5-16-6-4-8;/h3-6,9-12H,1-2,7,15H2;1H. The average Bonchev–Trinajstić information content (AvgIpc) is 3.14. The van der Waals surface area contributed by atoms with E-state index < -0.39 is 0 Å². The van der Waals surface area contributed by atoms with Crippen molar-refractivity contribution in [3.8, 4) is 11.4 Å². The number of aromatic nitrogens is 3. The van der Waals surface area contributed by atoms with E-state index in [1.807, 2.05) is 12.1 Å². The number of nitrogens with zero attached hydrogens (tertiary/aromatic N) is 3. The molecule has 4 rings (SSSR count). The first-order valence-corrected chi connectivity index (χ1v) is 6.82. The van der Waals surface area contributed by atoms with Crippen LogP contribution >= 0.6 is 12.4 Å². The normalized spacial score (nSPS) is 31.2. The van der Waals surface area contributed by atoms with Gasteiger partial charge in [-0.25, -0.2) is 0 Å². The van der Waals surface area contributed by atoms with Crippen molar-refractivity contribution in [3.63, 3.8) is 0 Å². The van der Waals surface area contributed by atoms with Gasteiger partial charge < -0.3 is 10.3 Å². The fourth-order valence-electron chi connectivity index (χ4n) is 3.69. The Morgan fingerprint density at radius 3 is 2.60 bits per heavy atom. The van der Waals surface area contributed by atoms with Crippen LogP contribution in [0.1, 0.15) is 31.1 Å². The van der Waals surface area contributed by atoms with Crippen LogP contribution in [0.5, 0.6) is 0 Å². The Morgan fingerprint density at radius 1 is 1.15 bits per heavy atom. The zero-order valence-electron chi connectivity index (χ0n) is 11.0. The van der Waals surface area contributed by atoms with E-state index in [2.05, 4.69) is 15.1 Å². The number of halogens is 1. The van der Waals surface area contributed by atoms with Crippen LogP contribution in [0.4, 0.5) is 0 Å². The van der Waals surface area contributed by atoms with Gasteiger partial charge in [0.1, 0.15) is 0 Å². The Hall–Kier alpha value is -1.46. The quantitative estimate of drug-likeness (QED) is 0.919. The van der Waals surface area contributed by atoms with Crippen molar-refractivity contribution in [2.24, 2.45) is 17.6 Å². The van der Waals surface area contributed by atoms with Gasteiger partial charge in [0.05, 0.1) is 5.92 Å². The van der Waals surface area contributed by atoms with Gasteiger partial charge in [-0.05, 0) is 43.2 Å². The molecule has 4 unspecified atom stereocenters. The fourth-order valence-corrected chi connectivity index (χ4v) is 3.69. The first kappa shape index (κ1) is 13.5. The molecule has 2 aromatic heterocycles. The summed E-state index contributed by atoms with van der Waals surface area (Å²) in [5.41, 5.74) is 7.24. The lowest BCUT2D eigenvalue weighted by atomic mass is 9.85. The first-order valence-electron chi connectivity index (χ1n) is 6.82. The van der Waals surface area contributed by atoms with E-state index in [9.17, 15) is 0 Å². The summed E-state index contributed by atoms with van der Waals surface area (Å²) in [7, 11) is 0. The van der Waals surface area contributed by atoms with Crippen LogP contribution in [0.25, 0.3) is 11.4 Å². The number of hydrogen-bond acceptors (Lipinski definition) is 5. The molecule has 0 saturated heterocycles. The summed E-state index contributed by atoms with van der Waals surface area (Å²) >= 11 is 0. The predicted octanol–water partition coefficient (Wildman–Crippen LogP) is 2.39. The molecule has 0 aliphatic heterocycles. The van der Waals surface area contributed by atoms with E-state index in [1.165, 1.54) is 19.3 Å². The van der Waals surface area contributed by atoms with E-state index in [-0.39, 0.29) is 24.4 Å². The highest BCUT2D eigenvalue weighted by Crippen LogP contribution is 2.51. The summed E-state index contributed by atoms with van der Waals surface area (Å²) in [6.45, 7) is 0. The number of rotatable bonds is 2. The van der Waals surface area contributed by atoms with Crippen molar-refractivity contribution in [1.82, 2.24) is 15.1 Å². The summed E-state index contributed by atoms with van der Waals surface area (Å²) in [5.74, 6) is 2.87. The highest BCUT2D eigenvalue weighted by Gasteiger charge is 2.48. The summed E-state index contributed by atoms with van der Waals surface area (Å²) in [4.78, 5) is 8.54. The predicted molar refractivity (Wildman–Crippen MR) is 76.3 cm³/mol. The van der Waals surface area contributed by atoms with Crippen molar-refractivity contribution >= 4 is 12.4 Å². The minimum absolute atomic E-state index is 0. The molecule has 4 atom stereocenters. The van der Waals surface area contributed by atoms with Crippen LogP contribution in [-0.2, 0) is 0 Å². The van der Waals surface area contributed by atoms with Crippen LogP contribution in [-0.4, -0.2) is 21.2 Å². The Bertz CT molecular complexity index is 586. The van der Waals surface area contributed by atoms with E-state index in [0.29, 0.717) is 23.6 Å². The van der Waals surface area contributed by atoms with Gasteiger partial charge in [-0.3, -0.25) is 4.98 Å². The maximum absolute atomic E-state index is 6.31. The zero-order valence-corrected chi connectivity index (χ0v) is 11.8. The lowest BCUT2D eigenvalue weighted by Gasteiger charge is -2.24. The lowest BCUT2D eigenvalue weighted by molar-refractivity contribution is 0.279. The van der Waals surface area contributed by atoms with E-state index in [0.717, 1.165) is 5.56 Å². The fraction of sp³-hybridized carbons (Fsp3) is 0.500. The van der Waals surface area contributed by atoms with Crippen molar-refractivity contribution < 1.29 is 4.52 Å². The molecule has 0 amide bonds. The second kappa shape index (κ2) is 5.14. The number of fused-ring (bicyclic) bond motifs is 2. The van der Waals surface area contributed by atoms with Gasteiger partial charge in [-0.1, -0.05) is 5.16 Å². The van der Waals surface area contributed by atoms with Crippen LogP contribution in [0.15, 0.2) is 29.0 Å². The molecular formula is C14H17ClN4O. The Labute approximate surface area is 123 Å². The minimum atomic E-state index is 0. The maximum atomic E-state index is 6.31. The average molecular weight is 293 g/mol.